The summed E-state index contributed by atoms with van der Waals surface area (Å²) in [6.07, 6.45) is 0. The summed E-state index contributed by atoms with van der Waals surface area (Å²) < 4.78 is 27.0. The topological polar surface area (TPSA) is 66.5 Å². The smallest absolute Gasteiger partial charge is 0.243 e. The van der Waals surface area contributed by atoms with E-state index in [1.54, 1.807) is 37.3 Å². The molecule has 2 aromatic rings. The Balaban J connectivity index is 2.12. The lowest BCUT2D eigenvalue weighted by atomic mass is 10.2. The van der Waals surface area contributed by atoms with E-state index in [1.165, 1.54) is 7.05 Å². The predicted molar refractivity (Wildman–Crippen MR) is 98.5 cm³/mol. The number of aryl methyl sites for hydroxylation is 2. The SMILES string of the molecule is Cc1ccc(NC(=O)CN(C)S(=O)(=O)c2cc(Br)ccc2C)cc1. The number of anilines is 1. The molecule has 0 saturated heterocycles. The second-order valence-corrected chi connectivity index (χ2v) is 8.51. The maximum Gasteiger partial charge on any atom is 0.243 e. The van der Waals surface area contributed by atoms with Crippen LogP contribution in [-0.2, 0) is 14.8 Å². The van der Waals surface area contributed by atoms with Crippen LogP contribution in [0.1, 0.15) is 11.1 Å². The number of halogens is 1. The van der Waals surface area contributed by atoms with Gasteiger partial charge < -0.3 is 5.32 Å². The lowest BCUT2D eigenvalue weighted by Crippen LogP contribution is -2.35. The standard InChI is InChI=1S/C17H19BrN2O3S/c1-12-4-8-15(9-5-12)19-17(21)11-20(3)24(22,23)16-10-14(18)7-6-13(16)2/h4-10H,11H2,1-3H3,(H,19,21). The van der Waals surface area contributed by atoms with Gasteiger partial charge in [0.05, 0.1) is 11.4 Å². The van der Waals surface area contributed by atoms with Crippen LogP contribution in [0.3, 0.4) is 0 Å². The molecule has 7 heteroatoms. The van der Waals surface area contributed by atoms with Crippen molar-refractivity contribution in [3.63, 3.8) is 0 Å². The first-order chi connectivity index (χ1) is 11.2. The highest BCUT2D eigenvalue weighted by Crippen LogP contribution is 2.23. The average molecular weight is 411 g/mol. The zero-order valence-corrected chi connectivity index (χ0v) is 16.1. The van der Waals surface area contributed by atoms with Crippen molar-refractivity contribution in [3.8, 4) is 0 Å². The van der Waals surface area contributed by atoms with Gasteiger partial charge in [-0.3, -0.25) is 4.79 Å². The molecule has 0 radical (unpaired) electrons. The summed E-state index contributed by atoms with van der Waals surface area (Å²) in [7, 11) is -2.35. The number of amides is 1. The summed E-state index contributed by atoms with van der Waals surface area (Å²) in [5.41, 5.74) is 2.34. The molecule has 0 aliphatic rings. The second-order valence-electron chi connectivity index (χ2n) is 5.59. The summed E-state index contributed by atoms with van der Waals surface area (Å²) in [4.78, 5) is 12.3. The molecule has 0 bridgehead atoms. The Kier molecular flexibility index (Phi) is 5.79. The third kappa shape index (κ3) is 4.43. The molecular formula is C17H19BrN2O3S. The Hall–Kier alpha value is -1.70. The molecular weight excluding hydrogens is 392 g/mol. The van der Waals surface area contributed by atoms with Crippen molar-refractivity contribution in [3.05, 3.63) is 58.1 Å². The molecule has 128 valence electrons. The lowest BCUT2D eigenvalue weighted by molar-refractivity contribution is -0.116. The monoisotopic (exact) mass is 410 g/mol. The second kappa shape index (κ2) is 7.46. The van der Waals surface area contributed by atoms with E-state index < -0.39 is 15.9 Å². The highest BCUT2D eigenvalue weighted by atomic mass is 79.9. The maximum atomic E-state index is 12.7. The quantitative estimate of drug-likeness (QED) is 0.821. The van der Waals surface area contributed by atoms with Crippen LogP contribution in [-0.4, -0.2) is 32.2 Å². The molecule has 0 aliphatic heterocycles. The zero-order valence-electron chi connectivity index (χ0n) is 13.7. The van der Waals surface area contributed by atoms with Crippen molar-refractivity contribution in [1.29, 1.82) is 0 Å². The van der Waals surface area contributed by atoms with Crippen molar-refractivity contribution in [1.82, 2.24) is 4.31 Å². The number of hydrogen-bond acceptors (Lipinski definition) is 3. The van der Waals surface area contributed by atoms with Gasteiger partial charge in [-0.05, 0) is 43.7 Å². The molecule has 0 spiro atoms. The third-order valence-electron chi connectivity index (χ3n) is 3.54. The number of benzene rings is 2. The molecule has 0 aliphatic carbocycles. The van der Waals surface area contributed by atoms with E-state index in [0.29, 0.717) is 15.7 Å². The van der Waals surface area contributed by atoms with Crippen LogP contribution < -0.4 is 5.32 Å². The minimum absolute atomic E-state index is 0.183. The number of sulfonamides is 1. The fraction of sp³-hybridized carbons (Fsp3) is 0.235. The van der Waals surface area contributed by atoms with Gasteiger partial charge in [0.15, 0.2) is 0 Å². The molecule has 0 saturated carbocycles. The van der Waals surface area contributed by atoms with E-state index in [9.17, 15) is 13.2 Å². The molecule has 2 rings (SSSR count). The number of carbonyl (C=O) groups excluding carboxylic acids is 1. The van der Waals surface area contributed by atoms with Gasteiger partial charge in [0, 0.05) is 17.2 Å². The number of carbonyl (C=O) groups is 1. The molecule has 24 heavy (non-hydrogen) atoms. The summed E-state index contributed by atoms with van der Waals surface area (Å²) in [6, 6.07) is 12.3. The van der Waals surface area contributed by atoms with Crippen LogP contribution >= 0.6 is 15.9 Å². The van der Waals surface area contributed by atoms with Crippen LogP contribution in [0.15, 0.2) is 51.8 Å². The third-order valence-corrected chi connectivity index (χ3v) is 5.98. The fourth-order valence-corrected chi connectivity index (χ4v) is 4.03. The van der Waals surface area contributed by atoms with Gasteiger partial charge in [-0.15, -0.1) is 0 Å². The van der Waals surface area contributed by atoms with Gasteiger partial charge >= 0.3 is 0 Å². The Morgan fingerprint density at radius 2 is 1.75 bits per heavy atom. The summed E-state index contributed by atoms with van der Waals surface area (Å²) in [6.45, 7) is 3.41. The highest BCUT2D eigenvalue weighted by molar-refractivity contribution is 9.10. The largest absolute Gasteiger partial charge is 0.325 e. The van der Waals surface area contributed by atoms with Gasteiger partial charge in [-0.25, -0.2) is 8.42 Å². The zero-order chi connectivity index (χ0) is 17.9. The molecule has 0 aromatic heterocycles. The Morgan fingerprint density at radius 3 is 2.38 bits per heavy atom. The number of hydrogen-bond donors (Lipinski definition) is 1. The normalized spacial score (nSPS) is 11.5. The van der Waals surface area contributed by atoms with E-state index in [2.05, 4.69) is 21.2 Å². The van der Waals surface area contributed by atoms with E-state index in [1.807, 2.05) is 19.1 Å². The number of nitrogens with one attached hydrogen (secondary N) is 1. The van der Waals surface area contributed by atoms with E-state index in [-0.39, 0.29) is 11.4 Å². The maximum absolute atomic E-state index is 12.7. The summed E-state index contributed by atoms with van der Waals surface area (Å²) in [5.74, 6) is -0.391. The molecule has 0 heterocycles. The summed E-state index contributed by atoms with van der Waals surface area (Å²) in [5, 5.41) is 2.70. The first-order valence-electron chi connectivity index (χ1n) is 7.29. The minimum Gasteiger partial charge on any atom is -0.325 e. The predicted octanol–water partition coefficient (Wildman–Crippen LogP) is 3.33. The van der Waals surface area contributed by atoms with E-state index in [4.69, 9.17) is 0 Å². The van der Waals surface area contributed by atoms with E-state index in [0.717, 1.165) is 9.87 Å². The molecule has 5 nitrogen and oxygen atoms in total. The molecule has 0 atom stereocenters. The average Bonchev–Trinajstić information content (AvgIpc) is 2.51. The van der Waals surface area contributed by atoms with Gasteiger partial charge in [0.25, 0.3) is 0 Å². The van der Waals surface area contributed by atoms with Crippen LogP contribution in [0.4, 0.5) is 5.69 Å². The Labute approximate surface area is 150 Å². The number of nitrogens with zero attached hydrogens (tertiary/aromatic N) is 1. The van der Waals surface area contributed by atoms with E-state index >= 15 is 0 Å². The number of likely N-dealkylation sites (N-methyl/N-ethyl adjacent to an activating group) is 1. The molecule has 1 amide bonds. The highest BCUT2D eigenvalue weighted by Gasteiger charge is 2.24. The first-order valence-corrected chi connectivity index (χ1v) is 9.52. The first kappa shape index (κ1) is 18.6. The van der Waals surface area contributed by atoms with Crippen LogP contribution in [0.2, 0.25) is 0 Å². The molecule has 0 unspecified atom stereocenters. The van der Waals surface area contributed by atoms with Gasteiger partial charge in [0.2, 0.25) is 15.9 Å². The number of rotatable bonds is 5. The Morgan fingerprint density at radius 1 is 1.12 bits per heavy atom. The van der Waals surface area contributed by atoms with Gasteiger partial charge in [-0.1, -0.05) is 39.7 Å². The lowest BCUT2D eigenvalue weighted by Gasteiger charge is -2.18. The molecule has 1 N–H and O–H groups in total. The molecule has 2 aromatic carbocycles. The van der Waals surface area contributed by atoms with Gasteiger partial charge in [0.1, 0.15) is 0 Å². The van der Waals surface area contributed by atoms with Gasteiger partial charge in [-0.2, -0.15) is 4.31 Å². The summed E-state index contributed by atoms with van der Waals surface area (Å²) >= 11 is 3.28. The fourth-order valence-electron chi connectivity index (χ4n) is 2.14. The van der Waals surface area contributed by atoms with Crippen molar-refractivity contribution >= 4 is 37.5 Å². The Bertz CT molecular complexity index is 849. The van der Waals surface area contributed by atoms with Crippen LogP contribution in [0.5, 0.6) is 0 Å². The van der Waals surface area contributed by atoms with Crippen molar-refractivity contribution in [2.75, 3.05) is 18.9 Å². The van der Waals surface area contributed by atoms with Crippen molar-refractivity contribution < 1.29 is 13.2 Å². The van der Waals surface area contributed by atoms with Crippen molar-refractivity contribution in [2.45, 2.75) is 18.7 Å². The minimum atomic E-state index is -3.74. The molecule has 0 fully saturated rings. The van der Waals surface area contributed by atoms with Crippen molar-refractivity contribution in [2.24, 2.45) is 0 Å². The van der Waals surface area contributed by atoms with Crippen LogP contribution in [0, 0.1) is 13.8 Å². The van der Waals surface area contributed by atoms with Crippen LogP contribution in [0.25, 0.3) is 0 Å².